The van der Waals surface area contributed by atoms with Gasteiger partial charge in [-0.05, 0) is 83.6 Å². The second kappa shape index (κ2) is 19.1. The zero-order valence-electron chi connectivity index (χ0n) is 21.7. The third-order valence-corrected chi connectivity index (χ3v) is 7.50. The summed E-state index contributed by atoms with van der Waals surface area (Å²) in [6.07, 6.45) is 17.9. The van der Waals surface area contributed by atoms with E-state index in [-0.39, 0.29) is 23.8 Å². The fraction of sp³-hybridized carbons (Fsp3) is 0.926. The Morgan fingerprint density at radius 1 is 0.706 bits per heavy atom. The van der Waals surface area contributed by atoms with Crippen LogP contribution in [0.4, 0.5) is 0 Å². The molecule has 0 spiro atoms. The SMILES string of the molecule is NCCCNCCCCNCCCNC(=O)[C@H](CC1CCCCC1)NC(=O)C1CCCCCC1. The first-order valence-electron chi connectivity index (χ1n) is 14.4. The summed E-state index contributed by atoms with van der Waals surface area (Å²) >= 11 is 0. The quantitative estimate of drug-likeness (QED) is 0.163. The molecule has 6 N–H and O–H groups in total. The van der Waals surface area contributed by atoms with Crippen molar-refractivity contribution < 1.29 is 9.59 Å². The van der Waals surface area contributed by atoms with Crippen LogP contribution in [0, 0.1) is 11.8 Å². The van der Waals surface area contributed by atoms with Crippen LogP contribution in [0.1, 0.15) is 103 Å². The van der Waals surface area contributed by atoms with E-state index in [0.717, 1.165) is 90.5 Å². The Hall–Kier alpha value is -1.18. The molecule has 2 rings (SSSR count). The van der Waals surface area contributed by atoms with E-state index >= 15 is 0 Å². The molecule has 2 amide bonds. The van der Waals surface area contributed by atoms with Gasteiger partial charge in [0.05, 0.1) is 0 Å². The van der Waals surface area contributed by atoms with Crippen LogP contribution in [0.15, 0.2) is 0 Å². The van der Waals surface area contributed by atoms with Gasteiger partial charge in [0.15, 0.2) is 0 Å². The van der Waals surface area contributed by atoms with E-state index in [0.29, 0.717) is 12.5 Å². The number of carbonyl (C=O) groups is 2. The number of nitrogens with one attached hydrogen (secondary N) is 4. The number of hydrogen-bond donors (Lipinski definition) is 5. The number of unbranched alkanes of at least 4 members (excludes halogenated alkanes) is 1. The number of carbonyl (C=O) groups excluding carboxylic acids is 2. The summed E-state index contributed by atoms with van der Waals surface area (Å²) in [7, 11) is 0. The van der Waals surface area contributed by atoms with Crippen molar-refractivity contribution in [2.45, 2.75) is 109 Å². The molecule has 7 nitrogen and oxygen atoms in total. The van der Waals surface area contributed by atoms with Crippen molar-refractivity contribution in [2.24, 2.45) is 17.6 Å². The summed E-state index contributed by atoms with van der Waals surface area (Å²) in [5.74, 6) is 0.766. The normalized spacial score (nSPS) is 18.9. The van der Waals surface area contributed by atoms with E-state index in [1.165, 1.54) is 44.9 Å². The van der Waals surface area contributed by atoms with E-state index in [1.54, 1.807) is 0 Å². The van der Waals surface area contributed by atoms with Crippen LogP contribution in [0.2, 0.25) is 0 Å². The van der Waals surface area contributed by atoms with Crippen LogP contribution in [-0.2, 0) is 9.59 Å². The second-order valence-electron chi connectivity index (χ2n) is 10.5. The molecule has 0 unspecified atom stereocenters. The molecule has 34 heavy (non-hydrogen) atoms. The number of rotatable bonds is 17. The number of hydrogen-bond acceptors (Lipinski definition) is 5. The Morgan fingerprint density at radius 3 is 1.91 bits per heavy atom. The highest BCUT2D eigenvalue weighted by Gasteiger charge is 2.28. The molecule has 0 heterocycles. The fourth-order valence-electron chi connectivity index (χ4n) is 5.34. The topological polar surface area (TPSA) is 108 Å². The van der Waals surface area contributed by atoms with E-state index in [9.17, 15) is 9.59 Å². The molecular formula is C27H53N5O2. The van der Waals surface area contributed by atoms with Gasteiger partial charge in [-0.2, -0.15) is 0 Å². The summed E-state index contributed by atoms with van der Waals surface area (Å²) in [6, 6.07) is -0.376. The van der Waals surface area contributed by atoms with Crippen molar-refractivity contribution in [1.82, 2.24) is 21.3 Å². The van der Waals surface area contributed by atoms with Crippen LogP contribution in [-0.4, -0.2) is 57.1 Å². The third kappa shape index (κ3) is 13.1. The Bertz CT molecular complexity index is 531. The van der Waals surface area contributed by atoms with Gasteiger partial charge in [-0.15, -0.1) is 0 Å². The molecule has 198 valence electrons. The molecule has 0 radical (unpaired) electrons. The molecular weight excluding hydrogens is 426 g/mol. The van der Waals surface area contributed by atoms with Gasteiger partial charge in [0, 0.05) is 12.5 Å². The van der Waals surface area contributed by atoms with Gasteiger partial charge in [0.1, 0.15) is 6.04 Å². The number of amides is 2. The lowest BCUT2D eigenvalue weighted by Crippen LogP contribution is -2.49. The highest BCUT2D eigenvalue weighted by atomic mass is 16.2. The third-order valence-electron chi connectivity index (χ3n) is 7.50. The van der Waals surface area contributed by atoms with E-state index in [2.05, 4.69) is 21.3 Å². The van der Waals surface area contributed by atoms with Crippen molar-refractivity contribution in [2.75, 3.05) is 39.3 Å². The Kier molecular flexibility index (Phi) is 16.3. The van der Waals surface area contributed by atoms with Gasteiger partial charge in [0.25, 0.3) is 0 Å². The standard InChI is InChI=1S/C27H53N5O2/c28-16-10-19-29-17-8-9-18-30-20-11-21-31-27(34)25(22-23-12-4-3-5-13-23)32-26(33)24-14-6-1-2-7-15-24/h23-25,29-30H,1-22,28H2,(H,31,34)(H,32,33)/t25-/m0/s1. The molecule has 0 aromatic carbocycles. The minimum absolute atomic E-state index is 0.0103. The molecule has 2 aliphatic rings. The molecule has 0 aromatic heterocycles. The zero-order valence-corrected chi connectivity index (χ0v) is 21.7. The highest BCUT2D eigenvalue weighted by molar-refractivity contribution is 5.88. The monoisotopic (exact) mass is 479 g/mol. The second-order valence-corrected chi connectivity index (χ2v) is 10.5. The maximum Gasteiger partial charge on any atom is 0.242 e. The Balaban J connectivity index is 1.64. The lowest BCUT2D eigenvalue weighted by atomic mass is 9.84. The van der Waals surface area contributed by atoms with Gasteiger partial charge in [-0.1, -0.05) is 57.8 Å². The van der Waals surface area contributed by atoms with E-state index in [1.807, 2.05) is 0 Å². The van der Waals surface area contributed by atoms with Crippen molar-refractivity contribution >= 4 is 11.8 Å². The van der Waals surface area contributed by atoms with Gasteiger partial charge in [-0.3, -0.25) is 9.59 Å². The van der Waals surface area contributed by atoms with Crippen molar-refractivity contribution in [3.63, 3.8) is 0 Å². The Labute approximate surface area is 208 Å². The van der Waals surface area contributed by atoms with Gasteiger partial charge >= 0.3 is 0 Å². The summed E-state index contributed by atoms with van der Waals surface area (Å²) in [5.41, 5.74) is 5.49. The van der Waals surface area contributed by atoms with Crippen LogP contribution in [0.25, 0.3) is 0 Å². The lowest BCUT2D eigenvalue weighted by molar-refractivity contribution is -0.131. The molecule has 7 heteroatoms. The van der Waals surface area contributed by atoms with Crippen LogP contribution in [0.5, 0.6) is 0 Å². The highest BCUT2D eigenvalue weighted by Crippen LogP contribution is 2.28. The summed E-state index contributed by atoms with van der Waals surface area (Å²) in [4.78, 5) is 26.0. The molecule has 2 saturated carbocycles. The molecule has 0 aliphatic heterocycles. The fourth-order valence-corrected chi connectivity index (χ4v) is 5.34. The first-order chi connectivity index (χ1) is 16.7. The van der Waals surface area contributed by atoms with Crippen molar-refractivity contribution in [1.29, 1.82) is 0 Å². The van der Waals surface area contributed by atoms with Crippen molar-refractivity contribution in [3.05, 3.63) is 0 Å². The first-order valence-corrected chi connectivity index (χ1v) is 14.4. The summed E-state index contributed by atoms with van der Waals surface area (Å²) < 4.78 is 0. The summed E-state index contributed by atoms with van der Waals surface area (Å²) in [5, 5.41) is 13.2. The van der Waals surface area contributed by atoms with Gasteiger partial charge in [0.2, 0.25) is 11.8 Å². The van der Waals surface area contributed by atoms with E-state index < -0.39 is 0 Å². The predicted molar refractivity (Wildman–Crippen MR) is 141 cm³/mol. The minimum Gasteiger partial charge on any atom is -0.354 e. The molecule has 2 aliphatic carbocycles. The predicted octanol–water partition coefficient (Wildman–Crippen LogP) is 3.23. The molecule has 1 atom stereocenters. The average Bonchev–Trinajstić information content (AvgIpc) is 3.14. The molecule has 0 aromatic rings. The van der Waals surface area contributed by atoms with Gasteiger partial charge < -0.3 is 27.0 Å². The van der Waals surface area contributed by atoms with Crippen LogP contribution >= 0.6 is 0 Å². The average molecular weight is 480 g/mol. The molecule has 0 bridgehead atoms. The largest absolute Gasteiger partial charge is 0.354 e. The lowest BCUT2D eigenvalue weighted by Gasteiger charge is -2.28. The number of nitrogens with two attached hydrogens (primary N) is 1. The maximum atomic E-state index is 13.0. The van der Waals surface area contributed by atoms with Gasteiger partial charge in [-0.25, -0.2) is 0 Å². The summed E-state index contributed by atoms with van der Waals surface area (Å²) in [6.45, 7) is 5.38. The Morgan fingerprint density at radius 2 is 1.26 bits per heavy atom. The minimum atomic E-state index is -0.376. The van der Waals surface area contributed by atoms with Crippen molar-refractivity contribution in [3.8, 4) is 0 Å². The first kappa shape index (κ1) is 29.1. The van der Waals surface area contributed by atoms with Crippen LogP contribution in [0.3, 0.4) is 0 Å². The zero-order chi connectivity index (χ0) is 24.3. The molecule has 2 fully saturated rings. The van der Waals surface area contributed by atoms with Crippen LogP contribution < -0.4 is 27.0 Å². The molecule has 0 saturated heterocycles. The smallest absolute Gasteiger partial charge is 0.242 e. The van der Waals surface area contributed by atoms with E-state index in [4.69, 9.17) is 5.73 Å². The maximum absolute atomic E-state index is 13.0.